The summed E-state index contributed by atoms with van der Waals surface area (Å²) in [7, 11) is 0. The molecule has 30 heavy (non-hydrogen) atoms. The number of esters is 1. The summed E-state index contributed by atoms with van der Waals surface area (Å²) in [4.78, 5) is 52.1. The number of hydrogen-bond donors (Lipinski definition) is 0. The number of ether oxygens (including phenoxy) is 1. The maximum absolute atomic E-state index is 13.4. The normalized spacial score (nSPS) is 21.1. The molecule has 1 saturated heterocycles. The molecule has 2 heterocycles. The van der Waals surface area contributed by atoms with E-state index in [-0.39, 0.29) is 35.2 Å². The second-order valence-electron chi connectivity index (χ2n) is 8.08. The van der Waals surface area contributed by atoms with Crippen molar-refractivity contribution in [3.63, 3.8) is 0 Å². The molecule has 0 bridgehead atoms. The van der Waals surface area contributed by atoms with Gasteiger partial charge in [0.05, 0.1) is 22.9 Å². The third kappa shape index (κ3) is 3.49. The van der Waals surface area contributed by atoms with Gasteiger partial charge in [0.2, 0.25) is 5.91 Å². The van der Waals surface area contributed by atoms with E-state index in [0.29, 0.717) is 5.56 Å². The SMILES string of the molecule is CCOC(=O)C1=NN(C(C)(C)CC(C)=O)C2C(=O)N(c3cccc(C)c3Cl)C(=O)C12. The summed E-state index contributed by atoms with van der Waals surface area (Å²) >= 11 is 6.38. The summed E-state index contributed by atoms with van der Waals surface area (Å²) in [5, 5.41) is 5.99. The molecule has 2 unspecified atom stereocenters. The van der Waals surface area contributed by atoms with Crippen LogP contribution in [0.25, 0.3) is 0 Å². The Bertz CT molecular complexity index is 971. The number of benzene rings is 1. The highest BCUT2D eigenvalue weighted by Crippen LogP contribution is 2.41. The molecule has 1 aromatic rings. The second kappa shape index (κ2) is 7.83. The Kier molecular flexibility index (Phi) is 5.73. The summed E-state index contributed by atoms with van der Waals surface area (Å²) in [6, 6.07) is 4.00. The molecule has 0 radical (unpaired) electrons. The first-order chi connectivity index (χ1) is 14.0. The van der Waals surface area contributed by atoms with Crippen LogP contribution in [0.1, 0.15) is 39.7 Å². The zero-order valence-corrected chi connectivity index (χ0v) is 18.3. The van der Waals surface area contributed by atoms with E-state index in [1.54, 1.807) is 45.9 Å². The maximum atomic E-state index is 13.4. The third-order valence-electron chi connectivity index (χ3n) is 5.25. The second-order valence-corrected chi connectivity index (χ2v) is 8.46. The molecule has 0 aliphatic carbocycles. The van der Waals surface area contributed by atoms with E-state index in [1.807, 2.05) is 0 Å². The van der Waals surface area contributed by atoms with Gasteiger partial charge in [0.15, 0.2) is 5.71 Å². The lowest BCUT2D eigenvalue weighted by Crippen LogP contribution is -2.50. The predicted molar refractivity (Wildman–Crippen MR) is 111 cm³/mol. The summed E-state index contributed by atoms with van der Waals surface area (Å²) in [6.45, 7) is 8.42. The predicted octanol–water partition coefficient (Wildman–Crippen LogP) is 2.50. The molecule has 3 rings (SSSR count). The van der Waals surface area contributed by atoms with Crippen LogP contribution in [0.5, 0.6) is 0 Å². The van der Waals surface area contributed by atoms with Crippen molar-refractivity contribution in [2.24, 2.45) is 11.0 Å². The number of carbonyl (C=O) groups excluding carboxylic acids is 4. The lowest BCUT2D eigenvalue weighted by molar-refractivity contribution is -0.136. The Hall–Kier alpha value is -2.74. The number of nitrogens with zero attached hydrogens (tertiary/aromatic N) is 3. The molecule has 0 aromatic heterocycles. The van der Waals surface area contributed by atoms with E-state index in [4.69, 9.17) is 16.3 Å². The van der Waals surface area contributed by atoms with Crippen molar-refractivity contribution >= 4 is 46.6 Å². The van der Waals surface area contributed by atoms with E-state index < -0.39 is 35.3 Å². The average molecular weight is 434 g/mol. The summed E-state index contributed by atoms with van der Waals surface area (Å²) in [5.41, 5.74) is -0.0673. The number of imide groups is 1. The van der Waals surface area contributed by atoms with Crippen molar-refractivity contribution in [2.45, 2.75) is 52.6 Å². The van der Waals surface area contributed by atoms with Crippen molar-refractivity contribution in [3.8, 4) is 0 Å². The third-order valence-corrected chi connectivity index (χ3v) is 5.74. The van der Waals surface area contributed by atoms with Crippen LogP contribution in [0.15, 0.2) is 23.3 Å². The highest BCUT2D eigenvalue weighted by atomic mass is 35.5. The fraction of sp³-hybridized carbons (Fsp3) is 0.476. The van der Waals surface area contributed by atoms with Gasteiger partial charge in [-0.1, -0.05) is 23.7 Å². The number of carbonyl (C=O) groups is 4. The Morgan fingerprint density at radius 2 is 1.90 bits per heavy atom. The van der Waals surface area contributed by atoms with Gasteiger partial charge in [-0.2, -0.15) is 5.10 Å². The fourth-order valence-corrected chi connectivity index (χ4v) is 4.24. The molecule has 0 saturated carbocycles. The zero-order valence-electron chi connectivity index (χ0n) is 17.6. The highest BCUT2D eigenvalue weighted by molar-refractivity contribution is 6.47. The van der Waals surface area contributed by atoms with Gasteiger partial charge < -0.3 is 4.74 Å². The quantitative estimate of drug-likeness (QED) is 0.505. The van der Waals surface area contributed by atoms with Gasteiger partial charge >= 0.3 is 5.97 Å². The van der Waals surface area contributed by atoms with E-state index in [1.165, 1.54) is 11.9 Å². The Balaban J connectivity index is 2.11. The molecule has 1 aromatic carbocycles. The van der Waals surface area contributed by atoms with Gasteiger partial charge in [-0.25, -0.2) is 9.69 Å². The van der Waals surface area contributed by atoms with Crippen molar-refractivity contribution in [1.82, 2.24) is 5.01 Å². The molecule has 8 nitrogen and oxygen atoms in total. The van der Waals surface area contributed by atoms with Gasteiger partial charge in [0.1, 0.15) is 17.7 Å². The van der Waals surface area contributed by atoms with Crippen molar-refractivity contribution in [2.75, 3.05) is 11.5 Å². The first kappa shape index (κ1) is 22.0. The number of halogens is 1. The lowest BCUT2D eigenvalue weighted by Gasteiger charge is -2.36. The van der Waals surface area contributed by atoms with Crippen molar-refractivity contribution in [1.29, 1.82) is 0 Å². The molecular formula is C21H24ClN3O5. The van der Waals surface area contributed by atoms with E-state index in [9.17, 15) is 19.2 Å². The molecule has 0 N–H and O–H groups in total. The topological polar surface area (TPSA) is 96.3 Å². The van der Waals surface area contributed by atoms with Gasteiger partial charge in [-0.15, -0.1) is 0 Å². The van der Waals surface area contributed by atoms with Crippen LogP contribution in [0.3, 0.4) is 0 Å². The van der Waals surface area contributed by atoms with E-state index in [0.717, 1.165) is 4.90 Å². The Morgan fingerprint density at radius 3 is 2.50 bits per heavy atom. The molecule has 2 atom stereocenters. The van der Waals surface area contributed by atoms with Gasteiger partial charge in [-0.05, 0) is 46.2 Å². The minimum Gasteiger partial charge on any atom is -0.461 e. The van der Waals surface area contributed by atoms with Crippen LogP contribution < -0.4 is 4.90 Å². The van der Waals surface area contributed by atoms with Crippen LogP contribution in [0.2, 0.25) is 5.02 Å². The molecule has 2 amide bonds. The summed E-state index contributed by atoms with van der Waals surface area (Å²) < 4.78 is 5.07. The van der Waals surface area contributed by atoms with Crippen LogP contribution in [0, 0.1) is 12.8 Å². The first-order valence-corrected chi connectivity index (χ1v) is 10.1. The van der Waals surface area contributed by atoms with E-state index in [2.05, 4.69) is 5.10 Å². The zero-order chi connectivity index (χ0) is 22.4. The number of amides is 2. The minimum absolute atomic E-state index is 0.0858. The molecule has 2 aliphatic rings. The number of Topliss-reactive ketones (excluding diaryl/α,β-unsaturated/α-hetero) is 1. The number of rotatable bonds is 6. The smallest absolute Gasteiger partial charge is 0.355 e. The number of anilines is 1. The number of ketones is 1. The summed E-state index contributed by atoms with van der Waals surface area (Å²) in [6.07, 6.45) is 0.0858. The minimum atomic E-state index is -1.13. The van der Waals surface area contributed by atoms with Crippen LogP contribution in [-0.4, -0.2) is 52.5 Å². The standard InChI is InChI=1S/C21H24ClN3O5/c1-6-30-20(29)16-14-17(25(23-16)21(4,5)10-12(3)26)19(28)24(18(14)27)13-9-7-8-11(2)15(13)22/h7-9,14,17H,6,10H2,1-5H3. The Morgan fingerprint density at radius 1 is 1.23 bits per heavy atom. The molecular weight excluding hydrogens is 410 g/mol. The highest BCUT2D eigenvalue weighted by Gasteiger charge is 2.61. The van der Waals surface area contributed by atoms with Gasteiger partial charge in [0.25, 0.3) is 5.91 Å². The molecule has 9 heteroatoms. The number of hydrazone groups is 1. The number of hydrogen-bond acceptors (Lipinski definition) is 7. The average Bonchev–Trinajstić information content (AvgIpc) is 3.15. The van der Waals surface area contributed by atoms with Gasteiger partial charge in [0, 0.05) is 6.42 Å². The molecule has 0 spiro atoms. The molecule has 160 valence electrons. The van der Waals surface area contributed by atoms with Crippen LogP contribution in [-0.2, 0) is 23.9 Å². The van der Waals surface area contributed by atoms with Crippen LogP contribution in [0.4, 0.5) is 5.69 Å². The van der Waals surface area contributed by atoms with Crippen LogP contribution >= 0.6 is 11.6 Å². The maximum Gasteiger partial charge on any atom is 0.355 e. The summed E-state index contributed by atoms with van der Waals surface area (Å²) in [5.74, 6) is -3.12. The lowest BCUT2D eigenvalue weighted by atomic mass is 9.92. The molecule has 1 fully saturated rings. The number of fused-ring (bicyclic) bond motifs is 1. The monoisotopic (exact) mass is 433 g/mol. The largest absolute Gasteiger partial charge is 0.461 e. The molecule has 2 aliphatic heterocycles. The number of aryl methyl sites for hydroxylation is 1. The van der Waals surface area contributed by atoms with Crippen molar-refractivity contribution in [3.05, 3.63) is 28.8 Å². The fourth-order valence-electron chi connectivity index (χ4n) is 4.03. The Labute approximate surface area is 179 Å². The van der Waals surface area contributed by atoms with E-state index >= 15 is 0 Å². The van der Waals surface area contributed by atoms with Gasteiger partial charge in [-0.3, -0.25) is 19.4 Å². The van der Waals surface area contributed by atoms with Crippen molar-refractivity contribution < 1.29 is 23.9 Å². The first-order valence-electron chi connectivity index (χ1n) is 9.68.